The Hall–Kier alpha value is -0.0800. The van der Waals surface area contributed by atoms with E-state index < -0.39 is 0 Å². The summed E-state index contributed by atoms with van der Waals surface area (Å²) in [7, 11) is 0. The molecule has 0 aromatic rings. The Bertz CT molecular complexity index is 24.7. The molecule has 6 heavy (non-hydrogen) atoms. The predicted octanol–water partition coefficient (Wildman–Crippen LogP) is 1.09. The number of rotatable bonds is 2. The van der Waals surface area contributed by atoms with Gasteiger partial charge in [0.2, 0.25) is 0 Å². The van der Waals surface area contributed by atoms with Gasteiger partial charge in [-0.05, 0) is 13.3 Å². The molecule has 0 heterocycles. The lowest BCUT2D eigenvalue weighted by molar-refractivity contribution is -0.267. The molecule has 0 aromatic carbocycles. The van der Waals surface area contributed by atoms with Crippen molar-refractivity contribution in [2.45, 2.75) is 19.4 Å². The van der Waals surface area contributed by atoms with Crippen LogP contribution in [0.4, 0.5) is 0 Å². The highest BCUT2D eigenvalue weighted by molar-refractivity contribution is 4.51. The molecule has 0 saturated carbocycles. The maximum atomic E-state index is 7.77. The third-order valence-corrected chi connectivity index (χ3v) is 0.604. The third-order valence-electron chi connectivity index (χ3n) is 0.604. The number of hydrogen-bond donors (Lipinski definition) is 1. The van der Waals surface area contributed by atoms with Crippen LogP contribution in [0.3, 0.4) is 0 Å². The molecule has 0 spiro atoms. The van der Waals surface area contributed by atoms with Crippen LogP contribution in [0.5, 0.6) is 0 Å². The van der Waals surface area contributed by atoms with Gasteiger partial charge in [0.15, 0.2) is 0 Å². The van der Waals surface area contributed by atoms with Crippen molar-refractivity contribution in [3.63, 3.8) is 0 Å². The van der Waals surface area contributed by atoms with Gasteiger partial charge in [-0.15, -0.1) is 0 Å². The zero-order valence-corrected chi connectivity index (χ0v) is 3.85. The minimum atomic E-state index is -0.259. The van der Waals surface area contributed by atoms with Crippen LogP contribution >= 0.6 is 0 Å². The van der Waals surface area contributed by atoms with E-state index in [2.05, 4.69) is 11.8 Å². The summed E-state index contributed by atoms with van der Waals surface area (Å²) in [5.74, 6) is 0. The quantitative estimate of drug-likeness (QED) is 0.405. The summed E-state index contributed by atoms with van der Waals surface area (Å²) in [6.07, 6.45) is 0.487. The van der Waals surface area contributed by atoms with E-state index in [1.54, 1.807) is 0 Å². The highest BCUT2D eigenvalue weighted by Crippen LogP contribution is 1.88. The molecule has 0 aromatic heterocycles. The fourth-order valence-corrected chi connectivity index (χ4v) is 0.0745. The molecule has 0 amide bonds. The van der Waals surface area contributed by atoms with Gasteiger partial charge < -0.3 is 0 Å². The lowest BCUT2D eigenvalue weighted by atomic mass is 10.3. The first-order chi connectivity index (χ1) is 2.81. The van der Waals surface area contributed by atoms with Gasteiger partial charge in [-0.1, -0.05) is 6.92 Å². The first-order valence-corrected chi connectivity index (χ1v) is 1.94. The molecule has 2 nitrogen and oxygen atoms in total. The second-order valence-corrected chi connectivity index (χ2v) is 1.14. The molecule has 37 valence electrons. The van der Waals surface area contributed by atoms with Crippen LogP contribution in [-0.4, -0.2) is 11.4 Å². The summed E-state index contributed by atoms with van der Waals surface area (Å²) < 4.78 is 0. The van der Waals surface area contributed by atoms with Crippen LogP contribution in [0.25, 0.3) is 0 Å². The van der Waals surface area contributed by atoms with Crippen molar-refractivity contribution >= 4 is 0 Å². The van der Waals surface area contributed by atoms with E-state index in [1.165, 1.54) is 0 Å². The Morgan fingerprint density at radius 3 is 2.50 bits per heavy atom. The van der Waals surface area contributed by atoms with E-state index in [-0.39, 0.29) is 6.10 Å². The lowest BCUT2D eigenvalue weighted by Crippen LogP contribution is -2.01. The SMILES string of the molecule is [CH2]C(CC)OO. The Kier molecular flexibility index (Phi) is 3.08. The standard InChI is InChI=1S/C4H9O2/c1-3-4(2)6-5/h4-5H,2-3H2,1H3. The molecular formula is C4H9O2. The van der Waals surface area contributed by atoms with Crippen LogP contribution in [0, 0.1) is 6.92 Å². The first-order valence-electron chi connectivity index (χ1n) is 1.94. The second kappa shape index (κ2) is 3.12. The number of hydrogen-bond acceptors (Lipinski definition) is 2. The van der Waals surface area contributed by atoms with Crippen LogP contribution in [0.1, 0.15) is 13.3 Å². The predicted molar refractivity (Wildman–Crippen MR) is 23.1 cm³/mol. The van der Waals surface area contributed by atoms with Gasteiger partial charge in [-0.2, -0.15) is 0 Å². The van der Waals surface area contributed by atoms with Crippen LogP contribution in [0.15, 0.2) is 0 Å². The summed E-state index contributed by atoms with van der Waals surface area (Å²) in [6, 6.07) is 0. The summed E-state index contributed by atoms with van der Waals surface area (Å²) in [5.41, 5.74) is 0. The smallest absolute Gasteiger partial charge is 0.0925 e. The van der Waals surface area contributed by atoms with Gasteiger partial charge in [-0.25, -0.2) is 4.89 Å². The van der Waals surface area contributed by atoms with Crippen molar-refractivity contribution in [1.29, 1.82) is 0 Å². The van der Waals surface area contributed by atoms with Crippen molar-refractivity contribution in [1.82, 2.24) is 0 Å². The van der Waals surface area contributed by atoms with Gasteiger partial charge in [-0.3, -0.25) is 5.26 Å². The highest BCUT2D eigenvalue weighted by atomic mass is 17.1. The Morgan fingerprint density at radius 1 is 2.00 bits per heavy atom. The summed E-state index contributed by atoms with van der Waals surface area (Å²) in [6.45, 7) is 5.29. The largest absolute Gasteiger partial charge is 0.252 e. The summed E-state index contributed by atoms with van der Waals surface area (Å²) >= 11 is 0. The topological polar surface area (TPSA) is 29.5 Å². The minimum absolute atomic E-state index is 0.259. The summed E-state index contributed by atoms with van der Waals surface area (Å²) in [5, 5.41) is 7.77. The van der Waals surface area contributed by atoms with Crippen molar-refractivity contribution in [2.75, 3.05) is 0 Å². The Labute approximate surface area is 37.7 Å². The molecule has 0 aliphatic carbocycles. The van der Waals surface area contributed by atoms with Crippen molar-refractivity contribution in [2.24, 2.45) is 0 Å². The van der Waals surface area contributed by atoms with Gasteiger partial charge in [0, 0.05) is 0 Å². The Balaban J connectivity index is 2.75. The molecular weight excluding hydrogens is 80.0 g/mol. The van der Waals surface area contributed by atoms with Crippen LogP contribution in [0.2, 0.25) is 0 Å². The maximum absolute atomic E-state index is 7.77. The molecule has 1 radical (unpaired) electrons. The molecule has 0 aliphatic rings. The monoisotopic (exact) mass is 89.1 g/mol. The molecule has 0 saturated heterocycles. The maximum Gasteiger partial charge on any atom is 0.0925 e. The van der Waals surface area contributed by atoms with Crippen LogP contribution in [-0.2, 0) is 4.89 Å². The van der Waals surface area contributed by atoms with E-state index >= 15 is 0 Å². The van der Waals surface area contributed by atoms with Gasteiger partial charge in [0.05, 0.1) is 6.10 Å². The first kappa shape index (κ1) is 5.92. The second-order valence-electron chi connectivity index (χ2n) is 1.14. The van der Waals surface area contributed by atoms with Crippen molar-refractivity contribution in [3.8, 4) is 0 Å². The van der Waals surface area contributed by atoms with E-state index in [0.717, 1.165) is 6.42 Å². The highest BCUT2D eigenvalue weighted by Gasteiger charge is 1.91. The molecule has 1 unspecified atom stereocenters. The molecule has 0 aliphatic heterocycles. The molecule has 0 rings (SSSR count). The minimum Gasteiger partial charge on any atom is -0.252 e. The molecule has 0 fully saturated rings. The van der Waals surface area contributed by atoms with Gasteiger partial charge in [0.1, 0.15) is 0 Å². The third kappa shape index (κ3) is 2.18. The molecule has 2 heteroatoms. The van der Waals surface area contributed by atoms with Gasteiger partial charge >= 0.3 is 0 Å². The lowest BCUT2D eigenvalue weighted by Gasteiger charge is -1.98. The Morgan fingerprint density at radius 2 is 2.50 bits per heavy atom. The zero-order chi connectivity index (χ0) is 4.99. The van der Waals surface area contributed by atoms with Gasteiger partial charge in [0.25, 0.3) is 0 Å². The fraction of sp³-hybridized carbons (Fsp3) is 0.750. The van der Waals surface area contributed by atoms with Crippen molar-refractivity contribution in [3.05, 3.63) is 6.92 Å². The van der Waals surface area contributed by atoms with E-state index in [9.17, 15) is 0 Å². The fourth-order valence-electron chi connectivity index (χ4n) is 0.0745. The van der Waals surface area contributed by atoms with E-state index in [4.69, 9.17) is 5.26 Å². The van der Waals surface area contributed by atoms with Crippen LogP contribution < -0.4 is 0 Å². The van der Waals surface area contributed by atoms with Crippen molar-refractivity contribution < 1.29 is 10.1 Å². The molecule has 1 N–H and O–H groups in total. The average molecular weight is 89.1 g/mol. The van der Waals surface area contributed by atoms with E-state index in [1.807, 2.05) is 6.92 Å². The normalized spacial score (nSPS) is 14.5. The summed E-state index contributed by atoms with van der Waals surface area (Å²) in [4.78, 5) is 3.79. The molecule has 0 bridgehead atoms. The average Bonchev–Trinajstić information content (AvgIpc) is 1.65. The van der Waals surface area contributed by atoms with E-state index in [0.29, 0.717) is 0 Å². The zero-order valence-electron chi connectivity index (χ0n) is 3.85. The molecule has 1 atom stereocenters.